The molecule has 3 aromatic heterocycles. The summed E-state index contributed by atoms with van der Waals surface area (Å²) in [5.74, 6) is 1.46. The molecule has 0 fully saturated rings. The van der Waals surface area contributed by atoms with Gasteiger partial charge in [0.1, 0.15) is 16.9 Å². The highest BCUT2D eigenvalue weighted by atomic mass is 16.3. The minimum absolute atomic E-state index is 0.546. The van der Waals surface area contributed by atoms with E-state index in [-0.39, 0.29) is 0 Å². The van der Waals surface area contributed by atoms with E-state index >= 15 is 0 Å². The largest absolute Gasteiger partial charge is 0.459 e. The molecule has 6 heteroatoms. The minimum atomic E-state index is 0.546. The van der Waals surface area contributed by atoms with Crippen LogP contribution < -0.4 is 5.32 Å². The Kier molecular flexibility index (Phi) is 2.82. The lowest BCUT2D eigenvalue weighted by molar-refractivity contribution is 0.555. The van der Waals surface area contributed by atoms with Crippen molar-refractivity contribution in [1.29, 1.82) is 0 Å². The second-order valence-electron chi connectivity index (χ2n) is 5.26. The number of nitrogens with zero attached hydrogens (tertiary/aromatic N) is 4. The molecule has 0 radical (unpaired) electrons. The average molecular weight is 293 g/mol. The third-order valence-corrected chi connectivity index (χ3v) is 3.80. The van der Waals surface area contributed by atoms with Gasteiger partial charge in [-0.15, -0.1) is 0 Å². The second-order valence-corrected chi connectivity index (χ2v) is 5.26. The van der Waals surface area contributed by atoms with Gasteiger partial charge in [-0.2, -0.15) is 4.98 Å². The summed E-state index contributed by atoms with van der Waals surface area (Å²) >= 11 is 0. The van der Waals surface area contributed by atoms with E-state index in [0.717, 1.165) is 33.5 Å². The van der Waals surface area contributed by atoms with Crippen molar-refractivity contribution in [2.24, 2.45) is 7.05 Å². The summed E-state index contributed by atoms with van der Waals surface area (Å²) in [6.45, 7) is 2.61. The molecular formula is C16H15N5O. The summed E-state index contributed by atoms with van der Waals surface area (Å²) in [6, 6.07) is 8.03. The Morgan fingerprint density at radius 2 is 2.09 bits per heavy atom. The van der Waals surface area contributed by atoms with E-state index in [1.54, 1.807) is 12.5 Å². The Labute approximate surface area is 126 Å². The molecule has 1 aromatic carbocycles. The lowest BCUT2D eigenvalue weighted by Gasteiger charge is -2.03. The number of fused-ring (bicyclic) bond motifs is 2. The molecule has 0 atom stereocenters. The van der Waals surface area contributed by atoms with Crippen LogP contribution in [-0.2, 0) is 13.6 Å². The van der Waals surface area contributed by atoms with Crippen LogP contribution in [0.2, 0.25) is 0 Å². The molecule has 0 aliphatic heterocycles. The predicted molar refractivity (Wildman–Crippen MR) is 84.6 cm³/mol. The van der Waals surface area contributed by atoms with Crippen LogP contribution in [0.3, 0.4) is 0 Å². The molecule has 6 nitrogen and oxygen atoms in total. The fourth-order valence-electron chi connectivity index (χ4n) is 2.56. The molecule has 0 unspecified atom stereocenters. The van der Waals surface area contributed by atoms with Gasteiger partial charge in [-0.1, -0.05) is 18.2 Å². The number of furan rings is 1. The first-order valence-corrected chi connectivity index (χ1v) is 7.07. The maximum atomic E-state index is 5.88. The number of benzene rings is 1. The third-order valence-electron chi connectivity index (χ3n) is 3.80. The predicted octanol–water partition coefficient (Wildman–Crippen LogP) is 3.03. The van der Waals surface area contributed by atoms with E-state index in [9.17, 15) is 0 Å². The molecule has 0 bridgehead atoms. The van der Waals surface area contributed by atoms with Gasteiger partial charge in [-0.3, -0.25) is 0 Å². The summed E-state index contributed by atoms with van der Waals surface area (Å²) < 4.78 is 7.75. The van der Waals surface area contributed by atoms with E-state index in [1.165, 1.54) is 0 Å². The van der Waals surface area contributed by atoms with Crippen molar-refractivity contribution in [1.82, 2.24) is 19.5 Å². The smallest absolute Gasteiger partial charge is 0.225 e. The average Bonchev–Trinajstić information content (AvgIpc) is 3.07. The SMILES string of the molecule is Cc1c(CNc2ncc3ncn(C)c3n2)oc2ccccc12. The number of aromatic nitrogens is 4. The van der Waals surface area contributed by atoms with Gasteiger partial charge in [-0.05, 0) is 13.0 Å². The summed E-state index contributed by atoms with van der Waals surface area (Å²) in [7, 11) is 1.91. The van der Waals surface area contributed by atoms with Crippen molar-refractivity contribution < 1.29 is 4.42 Å². The summed E-state index contributed by atoms with van der Waals surface area (Å²) in [6.07, 6.45) is 3.45. The zero-order chi connectivity index (χ0) is 15.1. The van der Waals surface area contributed by atoms with Gasteiger partial charge < -0.3 is 14.3 Å². The maximum Gasteiger partial charge on any atom is 0.225 e. The van der Waals surface area contributed by atoms with Crippen LogP contribution in [0.15, 0.2) is 41.2 Å². The highest BCUT2D eigenvalue weighted by Gasteiger charge is 2.10. The molecule has 4 rings (SSSR count). The molecule has 0 spiro atoms. The first kappa shape index (κ1) is 12.8. The molecule has 0 saturated carbocycles. The van der Waals surface area contributed by atoms with Crippen molar-refractivity contribution >= 4 is 28.1 Å². The number of imidazole rings is 1. The Morgan fingerprint density at radius 1 is 1.23 bits per heavy atom. The number of aryl methyl sites for hydroxylation is 2. The van der Waals surface area contributed by atoms with Crippen molar-refractivity contribution in [2.45, 2.75) is 13.5 Å². The molecular weight excluding hydrogens is 278 g/mol. The van der Waals surface area contributed by atoms with Crippen molar-refractivity contribution in [3.8, 4) is 0 Å². The molecule has 0 aliphatic rings. The van der Waals surface area contributed by atoms with E-state index in [0.29, 0.717) is 12.5 Å². The highest BCUT2D eigenvalue weighted by Crippen LogP contribution is 2.25. The molecule has 3 heterocycles. The molecule has 4 aromatic rings. The van der Waals surface area contributed by atoms with E-state index in [2.05, 4.69) is 33.3 Å². The van der Waals surface area contributed by atoms with Crippen LogP contribution >= 0.6 is 0 Å². The zero-order valence-electron chi connectivity index (χ0n) is 12.4. The Morgan fingerprint density at radius 3 is 2.95 bits per heavy atom. The Bertz CT molecular complexity index is 969. The summed E-state index contributed by atoms with van der Waals surface area (Å²) in [4.78, 5) is 13.0. The zero-order valence-corrected chi connectivity index (χ0v) is 12.4. The topological polar surface area (TPSA) is 68.8 Å². The fraction of sp³-hybridized carbons (Fsp3) is 0.188. The molecule has 110 valence electrons. The maximum absolute atomic E-state index is 5.88. The van der Waals surface area contributed by atoms with Gasteiger partial charge in [0, 0.05) is 18.0 Å². The molecule has 22 heavy (non-hydrogen) atoms. The van der Waals surface area contributed by atoms with Gasteiger partial charge in [0.2, 0.25) is 5.95 Å². The number of nitrogens with one attached hydrogen (secondary N) is 1. The summed E-state index contributed by atoms with van der Waals surface area (Å²) in [5, 5.41) is 4.36. The first-order chi connectivity index (χ1) is 10.7. The number of hydrogen-bond donors (Lipinski definition) is 1. The van der Waals surface area contributed by atoms with Gasteiger partial charge >= 0.3 is 0 Å². The van der Waals surface area contributed by atoms with Gasteiger partial charge in [0.15, 0.2) is 5.65 Å². The van der Waals surface area contributed by atoms with Crippen LogP contribution in [0.25, 0.3) is 22.1 Å². The van der Waals surface area contributed by atoms with E-state index < -0.39 is 0 Å². The second kappa shape index (κ2) is 4.84. The number of rotatable bonds is 3. The van der Waals surface area contributed by atoms with Crippen molar-refractivity contribution in [3.63, 3.8) is 0 Å². The Hall–Kier alpha value is -2.89. The van der Waals surface area contributed by atoms with Crippen LogP contribution in [0.4, 0.5) is 5.95 Å². The quantitative estimate of drug-likeness (QED) is 0.629. The molecule has 0 saturated heterocycles. The standard InChI is InChI=1S/C16H15N5O/c1-10-11-5-3-4-6-13(11)22-14(10)8-18-16-17-7-12-15(20-16)21(2)9-19-12/h3-7,9H,8H2,1-2H3,(H,17,18,20). The van der Waals surface area contributed by atoms with Crippen LogP contribution in [0, 0.1) is 6.92 Å². The van der Waals surface area contributed by atoms with Crippen LogP contribution in [-0.4, -0.2) is 19.5 Å². The number of anilines is 1. The lowest BCUT2D eigenvalue weighted by atomic mass is 10.1. The van der Waals surface area contributed by atoms with E-state index in [1.807, 2.05) is 29.8 Å². The van der Waals surface area contributed by atoms with Crippen LogP contribution in [0.5, 0.6) is 0 Å². The fourth-order valence-corrected chi connectivity index (χ4v) is 2.56. The normalized spacial score (nSPS) is 11.4. The number of hydrogen-bond acceptors (Lipinski definition) is 5. The molecule has 0 amide bonds. The minimum Gasteiger partial charge on any atom is -0.459 e. The first-order valence-electron chi connectivity index (χ1n) is 7.07. The molecule has 1 N–H and O–H groups in total. The van der Waals surface area contributed by atoms with E-state index in [4.69, 9.17) is 4.42 Å². The van der Waals surface area contributed by atoms with Crippen molar-refractivity contribution in [2.75, 3.05) is 5.32 Å². The van der Waals surface area contributed by atoms with Gasteiger partial charge in [-0.25, -0.2) is 9.97 Å². The Balaban J connectivity index is 1.62. The monoisotopic (exact) mass is 293 g/mol. The third kappa shape index (κ3) is 2.00. The highest BCUT2D eigenvalue weighted by molar-refractivity contribution is 5.82. The molecule has 0 aliphatic carbocycles. The summed E-state index contributed by atoms with van der Waals surface area (Å²) in [5.41, 5.74) is 3.64. The van der Waals surface area contributed by atoms with Gasteiger partial charge in [0.05, 0.1) is 19.1 Å². The van der Waals surface area contributed by atoms with Gasteiger partial charge in [0.25, 0.3) is 0 Å². The number of para-hydroxylation sites is 1. The van der Waals surface area contributed by atoms with Crippen LogP contribution in [0.1, 0.15) is 11.3 Å². The lowest BCUT2D eigenvalue weighted by Crippen LogP contribution is -2.04. The van der Waals surface area contributed by atoms with Crippen molar-refractivity contribution in [3.05, 3.63) is 48.1 Å².